The average Bonchev–Trinajstić information content (AvgIpc) is 2.96. The molecule has 4 aromatic carbocycles. The Balaban J connectivity index is 1.99. The third kappa shape index (κ3) is 2.16. The molecule has 1 aliphatic rings. The van der Waals surface area contributed by atoms with Gasteiger partial charge in [-0.15, -0.1) is 5.06 Å². The lowest BCUT2D eigenvalue weighted by Gasteiger charge is -2.09. The molecule has 0 fully saturated rings. The predicted molar refractivity (Wildman–Crippen MR) is 111 cm³/mol. The molecular weight excluding hydrogens is 382 g/mol. The zero-order chi connectivity index (χ0) is 20.4. The number of amides is 2. The molecule has 144 valence electrons. The quantitative estimate of drug-likeness (QED) is 0.273. The lowest BCUT2D eigenvalue weighted by molar-refractivity contribution is -0.0345. The van der Waals surface area contributed by atoms with Crippen molar-refractivity contribution in [3.8, 4) is 0 Å². The van der Waals surface area contributed by atoms with Crippen LogP contribution in [0.5, 0.6) is 0 Å². The summed E-state index contributed by atoms with van der Waals surface area (Å²) in [4.78, 5) is 24.8. The Bertz CT molecular complexity index is 1490. The normalized spacial score (nSPS) is 13.6. The van der Waals surface area contributed by atoms with Crippen LogP contribution in [-0.2, 0) is 0 Å². The van der Waals surface area contributed by atoms with E-state index in [1.54, 1.807) is 12.1 Å². The zero-order valence-corrected chi connectivity index (χ0v) is 15.5. The summed E-state index contributed by atoms with van der Waals surface area (Å²) < 4.78 is 11.8. The largest absolute Gasteiger partial charge is 0.447 e. The van der Waals surface area contributed by atoms with Gasteiger partial charge in [0.25, 0.3) is 0 Å². The van der Waals surface area contributed by atoms with E-state index in [4.69, 9.17) is 8.83 Å². The minimum atomic E-state index is -0.960. The Labute approximate surface area is 168 Å². The molecule has 2 heterocycles. The Morgan fingerprint density at radius 3 is 1.50 bits per heavy atom. The van der Waals surface area contributed by atoms with Crippen molar-refractivity contribution in [1.82, 2.24) is 5.06 Å². The molecule has 0 saturated heterocycles. The van der Waals surface area contributed by atoms with Gasteiger partial charge in [-0.2, -0.15) is 0 Å². The van der Waals surface area contributed by atoms with Crippen molar-refractivity contribution in [2.24, 2.45) is 0 Å². The fourth-order valence-corrected chi connectivity index (χ4v) is 4.07. The van der Waals surface area contributed by atoms with Crippen LogP contribution in [0.15, 0.2) is 81.6 Å². The highest BCUT2D eigenvalue weighted by Gasteiger charge is 2.40. The van der Waals surface area contributed by atoms with Gasteiger partial charge in [-0.1, -0.05) is 60.7 Å². The summed E-state index contributed by atoms with van der Waals surface area (Å²) >= 11 is 0. The molecule has 6 rings (SSSR count). The second-order valence-electron chi connectivity index (χ2n) is 7.10. The van der Waals surface area contributed by atoms with Crippen LogP contribution in [0, 0.1) is 0 Å². The van der Waals surface area contributed by atoms with Crippen LogP contribution in [0.2, 0.25) is 0 Å². The van der Waals surface area contributed by atoms with Gasteiger partial charge >= 0.3 is 11.8 Å². The molecule has 0 atom stereocenters. The number of carbonyl (C=O) groups excluding carboxylic acids is 2. The first-order valence-corrected chi connectivity index (χ1v) is 9.35. The average molecular weight is 395 g/mol. The molecule has 5 aromatic rings. The van der Waals surface area contributed by atoms with Gasteiger partial charge in [0, 0.05) is 10.8 Å². The summed E-state index contributed by atoms with van der Waals surface area (Å²) in [7, 11) is 0. The molecule has 0 bridgehead atoms. The first-order chi connectivity index (χ1) is 14.6. The van der Waals surface area contributed by atoms with Gasteiger partial charge < -0.3 is 8.83 Å². The maximum absolute atomic E-state index is 12.4. The maximum Gasteiger partial charge on any atom is 0.324 e. The lowest BCUT2D eigenvalue weighted by Crippen LogP contribution is -2.25. The van der Waals surface area contributed by atoms with Crippen molar-refractivity contribution >= 4 is 55.3 Å². The molecule has 1 N–H and O–H groups in total. The molecule has 6 heteroatoms. The number of hydrogen-bond donors (Lipinski definition) is 1. The summed E-state index contributed by atoms with van der Waals surface area (Å²) in [6.45, 7) is 0. The highest BCUT2D eigenvalue weighted by Crippen LogP contribution is 2.37. The predicted octanol–water partition coefficient (Wildman–Crippen LogP) is 5.60. The first-order valence-electron chi connectivity index (χ1n) is 9.35. The smallest absolute Gasteiger partial charge is 0.324 e. The fourth-order valence-electron chi connectivity index (χ4n) is 4.07. The standard InChI is InChI=1S/C24H13NO5/c26-23-21-22(24(27)25(23)28)30-18-12-10-14-6-2-4-8-16(14)20(18)19-15-7-3-1-5-13(15)9-11-17(19)29-21/h1-12,28H. The van der Waals surface area contributed by atoms with Gasteiger partial charge in [-0.3, -0.25) is 14.8 Å². The van der Waals surface area contributed by atoms with E-state index in [1.165, 1.54) is 0 Å². The van der Waals surface area contributed by atoms with Crippen LogP contribution >= 0.6 is 0 Å². The molecule has 2 amide bonds. The van der Waals surface area contributed by atoms with Crippen molar-refractivity contribution in [2.45, 2.75) is 0 Å². The number of benzene rings is 4. The summed E-state index contributed by atoms with van der Waals surface area (Å²) in [5, 5.41) is 15.2. The molecule has 0 unspecified atom stereocenters. The molecule has 0 spiro atoms. The lowest BCUT2D eigenvalue weighted by atomic mass is 9.98. The molecule has 0 radical (unpaired) electrons. The highest BCUT2D eigenvalue weighted by atomic mass is 16.5. The molecule has 0 saturated carbocycles. The third-order valence-corrected chi connectivity index (χ3v) is 5.44. The Hall–Kier alpha value is -4.16. The maximum atomic E-state index is 12.4. The number of imide groups is 1. The van der Waals surface area contributed by atoms with Gasteiger partial charge in [-0.25, -0.2) is 0 Å². The molecule has 6 nitrogen and oxygen atoms in total. The molecule has 1 aliphatic heterocycles. The van der Waals surface area contributed by atoms with Crippen molar-refractivity contribution in [3.05, 3.63) is 84.3 Å². The minimum absolute atomic E-state index is 0.0113. The number of hydroxylamine groups is 2. The summed E-state index contributed by atoms with van der Waals surface area (Å²) in [6, 6.07) is 23.0. The van der Waals surface area contributed by atoms with Crippen LogP contribution in [-0.4, -0.2) is 22.1 Å². The Morgan fingerprint density at radius 1 is 0.600 bits per heavy atom. The topological polar surface area (TPSA) is 83.9 Å². The van der Waals surface area contributed by atoms with E-state index in [0.717, 1.165) is 32.3 Å². The van der Waals surface area contributed by atoms with Crippen molar-refractivity contribution in [2.75, 3.05) is 0 Å². The van der Waals surface area contributed by atoms with E-state index < -0.39 is 11.8 Å². The van der Waals surface area contributed by atoms with Crippen LogP contribution in [0.1, 0.15) is 21.1 Å². The molecule has 30 heavy (non-hydrogen) atoms. The first kappa shape index (κ1) is 16.8. The second-order valence-corrected chi connectivity index (χ2v) is 7.10. The van der Waals surface area contributed by atoms with E-state index >= 15 is 0 Å². The van der Waals surface area contributed by atoms with Crippen LogP contribution in [0.3, 0.4) is 0 Å². The van der Waals surface area contributed by atoms with Gasteiger partial charge in [0.15, 0.2) is 0 Å². The van der Waals surface area contributed by atoms with Gasteiger partial charge in [0.05, 0.1) is 0 Å². The van der Waals surface area contributed by atoms with Gasteiger partial charge in [0.1, 0.15) is 11.2 Å². The molecular formula is C24H13NO5. The number of rotatable bonds is 0. The monoisotopic (exact) mass is 395 g/mol. The fraction of sp³-hybridized carbons (Fsp3) is 0. The minimum Gasteiger partial charge on any atom is -0.447 e. The summed E-state index contributed by atoms with van der Waals surface area (Å²) in [5.41, 5.74) is 0.803. The SMILES string of the molecule is O=C1c2oc3ccc4ccccc4c3c3c(ccc4ccccc43)oc2C(=O)N1O. The Kier molecular flexibility index (Phi) is 3.31. The number of nitrogens with zero attached hydrogens (tertiary/aromatic N) is 1. The third-order valence-electron chi connectivity index (χ3n) is 5.44. The summed E-state index contributed by atoms with van der Waals surface area (Å²) in [6.07, 6.45) is 0. The van der Waals surface area contributed by atoms with Crippen molar-refractivity contribution in [1.29, 1.82) is 0 Å². The van der Waals surface area contributed by atoms with Crippen molar-refractivity contribution < 1.29 is 23.6 Å². The van der Waals surface area contributed by atoms with E-state index in [-0.39, 0.29) is 16.6 Å². The van der Waals surface area contributed by atoms with Crippen molar-refractivity contribution in [3.63, 3.8) is 0 Å². The van der Waals surface area contributed by atoms with E-state index in [0.29, 0.717) is 11.2 Å². The Morgan fingerprint density at radius 2 is 1.03 bits per heavy atom. The van der Waals surface area contributed by atoms with E-state index in [2.05, 4.69) is 0 Å². The molecule has 1 aromatic heterocycles. The van der Waals surface area contributed by atoms with Crippen LogP contribution in [0.4, 0.5) is 0 Å². The number of fused-ring (bicyclic) bond motifs is 8. The number of hydrogen-bond acceptors (Lipinski definition) is 5. The van der Waals surface area contributed by atoms with Crippen LogP contribution < -0.4 is 0 Å². The van der Waals surface area contributed by atoms with Crippen LogP contribution in [0.25, 0.3) is 43.5 Å². The second kappa shape index (κ2) is 5.92. The number of carbonyl (C=O) groups is 2. The molecule has 0 aliphatic carbocycles. The summed E-state index contributed by atoms with van der Waals surface area (Å²) in [5.74, 6) is -2.59. The zero-order valence-electron chi connectivity index (χ0n) is 15.5. The van der Waals surface area contributed by atoms with Gasteiger partial charge in [0.2, 0.25) is 11.5 Å². The van der Waals surface area contributed by atoms with E-state index in [9.17, 15) is 14.8 Å². The van der Waals surface area contributed by atoms with Gasteiger partial charge in [-0.05, 0) is 33.7 Å². The highest BCUT2D eigenvalue weighted by molar-refractivity contribution is 6.25. The van der Waals surface area contributed by atoms with E-state index in [1.807, 2.05) is 60.7 Å².